The molecule has 1 aromatic carbocycles. The Morgan fingerprint density at radius 2 is 1.74 bits per heavy atom. The van der Waals surface area contributed by atoms with Gasteiger partial charge in [0.25, 0.3) is 0 Å². The molecule has 0 atom stereocenters. The lowest BCUT2D eigenvalue weighted by Crippen LogP contribution is -2.34. The fraction of sp³-hybridized carbons (Fsp3) is 0.429. The second-order valence-electron chi connectivity index (χ2n) is 5.27. The molecule has 19 heavy (non-hydrogen) atoms. The van der Waals surface area contributed by atoms with Crippen molar-refractivity contribution in [1.82, 2.24) is 5.32 Å². The van der Waals surface area contributed by atoms with Gasteiger partial charge in [0.15, 0.2) is 0 Å². The largest absolute Gasteiger partial charge is 0.325 e. The summed E-state index contributed by atoms with van der Waals surface area (Å²) in [6.45, 7) is 6.35. The highest BCUT2D eigenvalue weighted by molar-refractivity contribution is 6.19. The molecule has 5 heteroatoms. The van der Waals surface area contributed by atoms with E-state index in [-0.39, 0.29) is 23.6 Å². The molecule has 2 N–H and O–H groups in total. The first-order valence-corrected chi connectivity index (χ1v) is 6.63. The minimum absolute atomic E-state index is 0.0666. The minimum atomic E-state index is -0.543. The number of carbonyl (C=O) groups excluding carboxylic acids is 2. The molecule has 104 valence electrons. The number of alkyl halides is 1. The maximum Gasteiger partial charge on any atom is 0.325 e. The Morgan fingerprint density at radius 1 is 1.16 bits per heavy atom. The van der Waals surface area contributed by atoms with Crippen molar-refractivity contribution in [2.24, 2.45) is 0 Å². The van der Waals surface area contributed by atoms with Crippen LogP contribution in [0, 0.1) is 0 Å². The van der Waals surface area contributed by atoms with Gasteiger partial charge in [0.1, 0.15) is 0 Å². The highest BCUT2D eigenvalue weighted by atomic mass is 35.5. The molecule has 0 spiro atoms. The van der Waals surface area contributed by atoms with Crippen molar-refractivity contribution in [3.05, 3.63) is 29.8 Å². The molecule has 0 radical (unpaired) electrons. The van der Waals surface area contributed by atoms with Crippen molar-refractivity contribution in [3.63, 3.8) is 0 Å². The van der Waals surface area contributed by atoms with Crippen molar-refractivity contribution in [2.45, 2.75) is 32.6 Å². The van der Waals surface area contributed by atoms with Crippen LogP contribution in [0.15, 0.2) is 24.3 Å². The number of hydrogen-bond donors (Lipinski definition) is 2. The quantitative estimate of drug-likeness (QED) is 0.836. The van der Waals surface area contributed by atoms with E-state index in [9.17, 15) is 9.59 Å². The van der Waals surface area contributed by atoms with E-state index in [1.54, 1.807) is 0 Å². The molecule has 0 bridgehead atoms. The highest BCUT2D eigenvalue weighted by Gasteiger charge is 2.13. The first-order valence-electron chi connectivity index (χ1n) is 6.10. The van der Waals surface area contributed by atoms with Crippen LogP contribution >= 0.6 is 11.6 Å². The molecular formula is C14H19ClN2O2. The minimum Gasteiger partial charge on any atom is -0.308 e. The number of nitrogens with one attached hydrogen (secondary N) is 2. The molecule has 0 unspecified atom stereocenters. The van der Waals surface area contributed by atoms with Crippen molar-refractivity contribution in [1.29, 1.82) is 0 Å². The standard InChI is InChI=1S/C14H19ClN2O2/c1-14(2,3)10-4-6-11(7-5-10)16-13(19)17-12(18)8-9-15/h4-7H,8-9H2,1-3H3,(H2,16,17,18,19). The zero-order valence-electron chi connectivity index (χ0n) is 11.4. The monoisotopic (exact) mass is 282 g/mol. The molecule has 0 aliphatic heterocycles. The maximum absolute atomic E-state index is 11.5. The lowest BCUT2D eigenvalue weighted by Gasteiger charge is -2.19. The second-order valence-corrected chi connectivity index (χ2v) is 5.65. The fourth-order valence-corrected chi connectivity index (χ4v) is 1.66. The predicted molar refractivity (Wildman–Crippen MR) is 77.6 cm³/mol. The Labute approximate surface area is 118 Å². The van der Waals surface area contributed by atoms with Gasteiger partial charge in [-0.1, -0.05) is 32.9 Å². The summed E-state index contributed by atoms with van der Waals surface area (Å²) in [4.78, 5) is 22.7. The van der Waals surface area contributed by atoms with Crippen LogP contribution in [0.1, 0.15) is 32.8 Å². The van der Waals surface area contributed by atoms with Crippen LogP contribution in [-0.4, -0.2) is 17.8 Å². The smallest absolute Gasteiger partial charge is 0.308 e. The van der Waals surface area contributed by atoms with Crippen molar-refractivity contribution in [3.8, 4) is 0 Å². The Morgan fingerprint density at radius 3 is 2.21 bits per heavy atom. The number of rotatable bonds is 3. The van der Waals surface area contributed by atoms with Gasteiger partial charge in [-0.2, -0.15) is 0 Å². The van der Waals surface area contributed by atoms with E-state index in [2.05, 4.69) is 31.4 Å². The van der Waals surface area contributed by atoms with Crippen molar-refractivity contribution < 1.29 is 9.59 Å². The van der Waals surface area contributed by atoms with Gasteiger partial charge in [0.05, 0.1) is 0 Å². The van der Waals surface area contributed by atoms with Gasteiger partial charge < -0.3 is 5.32 Å². The number of hydrogen-bond acceptors (Lipinski definition) is 2. The molecule has 0 saturated heterocycles. The van der Waals surface area contributed by atoms with E-state index in [0.717, 1.165) is 0 Å². The molecule has 4 nitrogen and oxygen atoms in total. The summed E-state index contributed by atoms with van der Waals surface area (Å²) in [5.41, 5.74) is 1.89. The number of imide groups is 1. The van der Waals surface area contributed by atoms with Gasteiger partial charge in [-0.05, 0) is 23.1 Å². The van der Waals surface area contributed by atoms with E-state index < -0.39 is 6.03 Å². The van der Waals surface area contributed by atoms with Crippen molar-refractivity contribution >= 4 is 29.2 Å². The number of amides is 3. The highest BCUT2D eigenvalue weighted by Crippen LogP contribution is 2.23. The lowest BCUT2D eigenvalue weighted by molar-refractivity contribution is -0.119. The molecule has 3 amide bonds. The zero-order valence-corrected chi connectivity index (χ0v) is 12.2. The van der Waals surface area contributed by atoms with Crippen LogP contribution in [0.2, 0.25) is 0 Å². The molecule has 1 aromatic rings. The third kappa shape index (κ3) is 5.30. The maximum atomic E-state index is 11.5. The Hall–Kier alpha value is -1.55. The molecule has 0 heterocycles. The first-order chi connectivity index (χ1) is 8.82. The van der Waals surface area contributed by atoms with Crippen molar-refractivity contribution in [2.75, 3.05) is 11.2 Å². The lowest BCUT2D eigenvalue weighted by atomic mass is 9.87. The van der Waals surface area contributed by atoms with E-state index in [4.69, 9.17) is 11.6 Å². The summed E-state index contributed by atoms with van der Waals surface area (Å²) in [5, 5.41) is 4.80. The number of benzene rings is 1. The summed E-state index contributed by atoms with van der Waals surface area (Å²) < 4.78 is 0. The number of carbonyl (C=O) groups is 2. The average Bonchev–Trinajstić information content (AvgIpc) is 2.28. The zero-order chi connectivity index (χ0) is 14.5. The third-order valence-electron chi connectivity index (χ3n) is 2.58. The number of halogens is 1. The van der Waals surface area contributed by atoms with E-state index in [1.165, 1.54) is 5.56 Å². The second kappa shape index (κ2) is 6.57. The Bertz CT molecular complexity index is 450. The third-order valence-corrected chi connectivity index (χ3v) is 2.77. The first kappa shape index (κ1) is 15.5. The molecule has 0 fully saturated rings. The predicted octanol–water partition coefficient (Wildman–Crippen LogP) is 3.26. The van der Waals surface area contributed by atoms with E-state index >= 15 is 0 Å². The van der Waals surface area contributed by atoms with Crippen LogP contribution in [0.25, 0.3) is 0 Å². The van der Waals surface area contributed by atoms with E-state index in [1.807, 2.05) is 24.3 Å². The summed E-state index contributed by atoms with van der Waals surface area (Å²) in [7, 11) is 0. The van der Waals surface area contributed by atoms with Gasteiger partial charge in [-0.25, -0.2) is 4.79 Å². The summed E-state index contributed by atoms with van der Waals surface area (Å²) in [5.74, 6) is -0.196. The summed E-state index contributed by atoms with van der Waals surface area (Å²) >= 11 is 5.41. The van der Waals surface area contributed by atoms with Crippen LogP contribution in [-0.2, 0) is 10.2 Å². The van der Waals surface area contributed by atoms with Gasteiger partial charge in [0.2, 0.25) is 5.91 Å². The average molecular weight is 283 g/mol. The van der Waals surface area contributed by atoms with Crippen LogP contribution in [0.3, 0.4) is 0 Å². The Balaban J connectivity index is 2.58. The Kier molecular flexibility index (Phi) is 5.36. The van der Waals surface area contributed by atoms with Gasteiger partial charge >= 0.3 is 6.03 Å². The summed E-state index contributed by atoms with van der Waals surface area (Å²) in [6.07, 6.45) is 0.123. The van der Waals surface area contributed by atoms with Crippen LogP contribution in [0.4, 0.5) is 10.5 Å². The summed E-state index contributed by atoms with van der Waals surface area (Å²) in [6, 6.07) is 6.99. The van der Waals surface area contributed by atoms with Gasteiger partial charge in [-0.15, -0.1) is 11.6 Å². The SMILES string of the molecule is CC(C)(C)c1ccc(NC(=O)NC(=O)CCCl)cc1. The molecule has 0 saturated carbocycles. The van der Waals surface area contributed by atoms with E-state index in [0.29, 0.717) is 5.69 Å². The van der Waals surface area contributed by atoms with Gasteiger partial charge in [-0.3, -0.25) is 10.1 Å². The van der Waals surface area contributed by atoms with Crippen LogP contribution < -0.4 is 10.6 Å². The molecular weight excluding hydrogens is 264 g/mol. The molecule has 0 aromatic heterocycles. The molecule has 0 aliphatic carbocycles. The molecule has 1 rings (SSSR count). The van der Waals surface area contributed by atoms with Gasteiger partial charge in [0, 0.05) is 18.0 Å². The fourth-order valence-electron chi connectivity index (χ4n) is 1.49. The van der Waals surface area contributed by atoms with Crippen LogP contribution in [0.5, 0.6) is 0 Å². The topological polar surface area (TPSA) is 58.2 Å². The number of anilines is 1. The molecule has 0 aliphatic rings. The normalized spacial score (nSPS) is 10.9. The number of urea groups is 1.